The molecule has 1 aliphatic heterocycles. The van der Waals surface area contributed by atoms with Crippen LogP contribution in [0, 0.1) is 0 Å². The van der Waals surface area contributed by atoms with Gasteiger partial charge in [-0.3, -0.25) is 14.6 Å². The zero-order valence-corrected chi connectivity index (χ0v) is 17.0. The van der Waals surface area contributed by atoms with Crippen LogP contribution >= 0.6 is 0 Å². The Morgan fingerprint density at radius 2 is 2.00 bits per heavy atom. The minimum Gasteiger partial charge on any atom is -0.373 e. The summed E-state index contributed by atoms with van der Waals surface area (Å²) in [7, 11) is 0. The van der Waals surface area contributed by atoms with Gasteiger partial charge in [0.15, 0.2) is 5.96 Å². The van der Waals surface area contributed by atoms with E-state index in [1.54, 1.807) is 0 Å². The molecule has 0 aliphatic carbocycles. The Morgan fingerprint density at radius 1 is 1.27 bits per heavy atom. The molecule has 2 heterocycles. The summed E-state index contributed by atoms with van der Waals surface area (Å²) < 4.78 is 7.82. The van der Waals surface area contributed by atoms with E-state index < -0.39 is 0 Å². The van der Waals surface area contributed by atoms with Gasteiger partial charge in [0.2, 0.25) is 0 Å². The molecule has 0 spiro atoms. The van der Waals surface area contributed by atoms with Crippen molar-refractivity contribution in [3.8, 4) is 0 Å². The van der Waals surface area contributed by atoms with Crippen LogP contribution in [0.25, 0.3) is 0 Å². The Bertz CT molecular complexity index is 532. The second-order valence-electron chi connectivity index (χ2n) is 7.72. The van der Waals surface area contributed by atoms with Gasteiger partial charge < -0.3 is 15.4 Å². The number of morpholine rings is 1. The lowest BCUT2D eigenvalue weighted by atomic mass is 10.0. The van der Waals surface area contributed by atoms with Crippen molar-refractivity contribution in [1.82, 2.24) is 25.3 Å². The van der Waals surface area contributed by atoms with Crippen molar-refractivity contribution in [3.05, 3.63) is 18.5 Å². The number of ether oxygens (including phenoxy) is 1. The van der Waals surface area contributed by atoms with Crippen LogP contribution in [-0.4, -0.2) is 71.1 Å². The Morgan fingerprint density at radius 3 is 2.62 bits per heavy atom. The topological polar surface area (TPSA) is 66.7 Å². The van der Waals surface area contributed by atoms with Gasteiger partial charge in [0.25, 0.3) is 0 Å². The molecule has 1 aromatic rings. The molecule has 2 atom stereocenters. The number of hydrogen-bond acceptors (Lipinski definition) is 4. The van der Waals surface area contributed by atoms with Crippen molar-refractivity contribution < 1.29 is 4.74 Å². The van der Waals surface area contributed by atoms with Crippen LogP contribution < -0.4 is 10.6 Å². The van der Waals surface area contributed by atoms with Crippen LogP contribution in [0.4, 0.5) is 0 Å². The molecule has 7 heteroatoms. The van der Waals surface area contributed by atoms with Gasteiger partial charge in [-0.05, 0) is 47.1 Å². The van der Waals surface area contributed by atoms with Crippen molar-refractivity contribution in [2.24, 2.45) is 4.99 Å². The Balaban J connectivity index is 1.83. The normalized spacial score (nSPS) is 22.4. The molecule has 26 heavy (non-hydrogen) atoms. The molecule has 1 fully saturated rings. The van der Waals surface area contributed by atoms with Crippen LogP contribution in [-0.2, 0) is 11.3 Å². The van der Waals surface area contributed by atoms with Gasteiger partial charge in [0.1, 0.15) is 0 Å². The average Bonchev–Trinajstić information content (AvgIpc) is 3.09. The highest BCUT2D eigenvalue weighted by atomic mass is 16.5. The molecule has 0 aromatic carbocycles. The molecule has 2 N–H and O–H groups in total. The van der Waals surface area contributed by atoms with Crippen LogP contribution in [0.1, 0.15) is 41.0 Å². The Kier molecular flexibility index (Phi) is 7.90. The van der Waals surface area contributed by atoms with Crippen LogP contribution in [0.15, 0.2) is 23.5 Å². The van der Waals surface area contributed by atoms with E-state index in [2.05, 4.69) is 55.3 Å². The molecule has 7 nitrogen and oxygen atoms in total. The van der Waals surface area contributed by atoms with E-state index in [-0.39, 0.29) is 17.7 Å². The van der Waals surface area contributed by atoms with Crippen molar-refractivity contribution in [1.29, 1.82) is 0 Å². The zero-order chi connectivity index (χ0) is 19.0. The lowest BCUT2D eigenvalue weighted by Crippen LogP contribution is -2.56. The minimum absolute atomic E-state index is 0.00368. The van der Waals surface area contributed by atoms with E-state index in [0.29, 0.717) is 0 Å². The van der Waals surface area contributed by atoms with Gasteiger partial charge in [-0.25, -0.2) is 0 Å². The van der Waals surface area contributed by atoms with Gasteiger partial charge in [0, 0.05) is 50.7 Å². The van der Waals surface area contributed by atoms with E-state index in [1.807, 2.05) is 23.1 Å². The van der Waals surface area contributed by atoms with E-state index in [0.717, 1.165) is 51.6 Å². The third-order valence-electron chi connectivity index (χ3n) is 4.66. The summed E-state index contributed by atoms with van der Waals surface area (Å²) >= 11 is 0. The monoisotopic (exact) mass is 364 g/mol. The Hall–Kier alpha value is -1.60. The molecule has 1 aromatic heterocycles. The lowest BCUT2D eigenvalue weighted by Gasteiger charge is -2.44. The number of guanidine groups is 1. The highest BCUT2D eigenvalue weighted by Crippen LogP contribution is 2.21. The van der Waals surface area contributed by atoms with Crippen molar-refractivity contribution in [2.45, 2.75) is 65.3 Å². The fourth-order valence-corrected chi connectivity index (χ4v) is 3.27. The highest BCUT2D eigenvalue weighted by Gasteiger charge is 2.33. The molecule has 0 bridgehead atoms. The largest absolute Gasteiger partial charge is 0.373 e. The number of hydrogen-bond donors (Lipinski definition) is 2. The lowest BCUT2D eigenvalue weighted by molar-refractivity contribution is -0.0939. The third kappa shape index (κ3) is 6.61. The number of aliphatic imine (C=N–C) groups is 1. The first-order valence-corrected chi connectivity index (χ1v) is 9.81. The molecular weight excluding hydrogens is 328 g/mol. The SMILES string of the molecule is CCNC(=NCC(C)(C)N1CC(C)OC(C)C1)NCCCn1cccn1. The summed E-state index contributed by atoms with van der Waals surface area (Å²) in [4.78, 5) is 7.33. The standard InChI is InChI=1S/C19H36N6O/c1-6-20-18(21-9-7-11-25-12-8-10-23-25)22-15-19(4,5)24-13-16(2)26-17(3)14-24/h8,10,12,16-17H,6-7,9,11,13-15H2,1-5H3,(H2,20,21,22). The molecule has 0 saturated carbocycles. The molecule has 2 rings (SSSR count). The Labute approximate surface area is 158 Å². The summed E-state index contributed by atoms with van der Waals surface area (Å²) in [6.07, 6.45) is 5.36. The molecule has 1 saturated heterocycles. The number of nitrogens with one attached hydrogen (secondary N) is 2. The van der Waals surface area contributed by atoms with Gasteiger partial charge >= 0.3 is 0 Å². The maximum atomic E-state index is 5.86. The van der Waals surface area contributed by atoms with E-state index >= 15 is 0 Å². The summed E-state index contributed by atoms with van der Waals surface area (Å²) in [5, 5.41) is 11.0. The van der Waals surface area contributed by atoms with Crippen LogP contribution in [0.5, 0.6) is 0 Å². The molecule has 2 unspecified atom stereocenters. The zero-order valence-electron chi connectivity index (χ0n) is 17.0. The minimum atomic E-state index is 0.00368. The fraction of sp³-hybridized carbons (Fsp3) is 0.789. The number of nitrogens with zero attached hydrogens (tertiary/aromatic N) is 4. The highest BCUT2D eigenvalue weighted by molar-refractivity contribution is 5.79. The van der Waals surface area contributed by atoms with Crippen LogP contribution in [0.2, 0.25) is 0 Å². The van der Waals surface area contributed by atoms with E-state index in [9.17, 15) is 0 Å². The predicted molar refractivity (Wildman–Crippen MR) is 106 cm³/mol. The predicted octanol–water partition coefficient (Wildman–Crippen LogP) is 1.72. The summed E-state index contributed by atoms with van der Waals surface area (Å²) in [5.41, 5.74) is 0.00368. The second kappa shape index (κ2) is 9.92. The summed E-state index contributed by atoms with van der Waals surface area (Å²) in [6.45, 7) is 16.2. The quantitative estimate of drug-likeness (QED) is 0.418. The summed E-state index contributed by atoms with van der Waals surface area (Å²) in [6, 6.07) is 1.95. The number of aromatic nitrogens is 2. The molecule has 0 amide bonds. The average molecular weight is 365 g/mol. The van der Waals surface area contributed by atoms with E-state index in [1.165, 1.54) is 0 Å². The number of aryl methyl sites for hydroxylation is 1. The smallest absolute Gasteiger partial charge is 0.191 e. The van der Waals surface area contributed by atoms with Crippen LogP contribution in [0.3, 0.4) is 0 Å². The fourth-order valence-electron chi connectivity index (χ4n) is 3.27. The van der Waals surface area contributed by atoms with Gasteiger partial charge in [-0.2, -0.15) is 5.10 Å². The van der Waals surface area contributed by atoms with Gasteiger partial charge in [-0.1, -0.05) is 0 Å². The van der Waals surface area contributed by atoms with Crippen molar-refractivity contribution in [2.75, 3.05) is 32.7 Å². The third-order valence-corrected chi connectivity index (χ3v) is 4.66. The van der Waals surface area contributed by atoms with Gasteiger partial charge in [0.05, 0.1) is 18.8 Å². The van der Waals surface area contributed by atoms with E-state index in [4.69, 9.17) is 9.73 Å². The van der Waals surface area contributed by atoms with Gasteiger partial charge in [-0.15, -0.1) is 0 Å². The molecule has 148 valence electrons. The molecule has 1 aliphatic rings. The van der Waals surface area contributed by atoms with Crippen molar-refractivity contribution >= 4 is 5.96 Å². The van der Waals surface area contributed by atoms with Crippen molar-refractivity contribution in [3.63, 3.8) is 0 Å². The first-order valence-electron chi connectivity index (χ1n) is 9.81. The molecule has 0 radical (unpaired) electrons. The summed E-state index contributed by atoms with van der Waals surface area (Å²) in [5.74, 6) is 0.885. The first-order chi connectivity index (χ1) is 12.4. The maximum Gasteiger partial charge on any atom is 0.191 e. The first kappa shape index (κ1) is 20.7. The maximum absolute atomic E-state index is 5.86. The molecular formula is C19H36N6O. The second-order valence-corrected chi connectivity index (χ2v) is 7.72. The number of rotatable bonds is 8.